The smallest absolute Gasteiger partial charge is 0.330 e. The van der Waals surface area contributed by atoms with Crippen LogP contribution in [0.15, 0.2) is 20.8 Å². The quantitative estimate of drug-likeness (QED) is 0.440. The number of hydrogen-bond donors (Lipinski definition) is 3. The van der Waals surface area contributed by atoms with Gasteiger partial charge < -0.3 is 19.7 Å². The van der Waals surface area contributed by atoms with Gasteiger partial charge in [0.05, 0.1) is 11.7 Å². The SMILES string of the molecule is COC(O)[C@H]1O[C@](n2cc(/C=C/Br)c(=O)[nH]c2=O)([Si](C)(C)C(C)(C)C)C[C@@H]1O. The number of ether oxygens (including phenoxy) is 2. The molecule has 10 heteroatoms. The maximum atomic E-state index is 12.9. The van der Waals surface area contributed by atoms with Gasteiger partial charge in [-0.3, -0.25) is 14.3 Å². The summed E-state index contributed by atoms with van der Waals surface area (Å²) in [5.74, 6) is 0. The molecule has 0 spiro atoms. The number of rotatable bonds is 5. The summed E-state index contributed by atoms with van der Waals surface area (Å²) in [5, 5.41) is 19.4. The number of aliphatic hydroxyl groups is 2. The molecule has 8 nitrogen and oxygen atoms in total. The molecule has 28 heavy (non-hydrogen) atoms. The van der Waals surface area contributed by atoms with Gasteiger partial charge in [-0.05, 0) is 16.1 Å². The number of aromatic amines is 1. The van der Waals surface area contributed by atoms with Crippen LogP contribution in [-0.4, -0.2) is 53.4 Å². The van der Waals surface area contributed by atoms with Crippen LogP contribution in [0.2, 0.25) is 18.1 Å². The first-order valence-electron chi connectivity index (χ1n) is 9.02. The van der Waals surface area contributed by atoms with Crippen molar-refractivity contribution in [1.29, 1.82) is 0 Å². The van der Waals surface area contributed by atoms with E-state index >= 15 is 0 Å². The highest BCUT2D eigenvalue weighted by atomic mass is 79.9. The number of nitrogens with one attached hydrogen (secondary N) is 1. The average molecular weight is 477 g/mol. The Balaban J connectivity index is 2.81. The van der Waals surface area contributed by atoms with Crippen LogP contribution in [0.5, 0.6) is 0 Å². The fraction of sp³-hybridized carbons (Fsp3) is 0.667. The summed E-state index contributed by atoms with van der Waals surface area (Å²) in [6.07, 6.45) is -0.333. The highest BCUT2D eigenvalue weighted by molar-refractivity contribution is 9.11. The largest absolute Gasteiger partial charge is 0.390 e. The van der Waals surface area contributed by atoms with Gasteiger partial charge in [-0.15, -0.1) is 0 Å². The van der Waals surface area contributed by atoms with Crippen molar-refractivity contribution in [2.45, 2.75) is 69.2 Å². The Bertz CT molecular complexity index is 859. The lowest BCUT2D eigenvalue weighted by Gasteiger charge is -2.50. The minimum atomic E-state index is -2.54. The van der Waals surface area contributed by atoms with Crippen molar-refractivity contribution in [3.8, 4) is 0 Å². The fourth-order valence-electron chi connectivity index (χ4n) is 3.52. The standard InChI is InChI=1S/C18H29BrN2O6Si/c1-17(2,3)28(5,6)18(9-12(22)13(27-18)15(24)26-4)21-10-11(7-8-19)14(23)20-16(21)25/h7-8,10,12-13,15,22,24H,9H2,1-6H3,(H,20,23,25)/b8-7+/t12-,13-,15?,18-/m0/s1. The van der Waals surface area contributed by atoms with Crippen LogP contribution in [0, 0.1) is 0 Å². The third-order valence-electron chi connectivity index (χ3n) is 6.17. The molecule has 158 valence electrons. The second-order valence-electron chi connectivity index (χ2n) is 8.65. The van der Waals surface area contributed by atoms with E-state index in [4.69, 9.17) is 9.47 Å². The number of hydrogen-bond acceptors (Lipinski definition) is 6. The van der Waals surface area contributed by atoms with Crippen molar-refractivity contribution >= 4 is 30.1 Å². The van der Waals surface area contributed by atoms with Gasteiger partial charge in [-0.2, -0.15) is 0 Å². The number of nitrogens with zero attached hydrogens (tertiary/aromatic N) is 1. The third-order valence-corrected chi connectivity index (χ3v) is 12.7. The predicted octanol–water partition coefficient (Wildman–Crippen LogP) is 1.72. The molecular formula is C18H29BrN2O6Si. The van der Waals surface area contributed by atoms with Crippen molar-refractivity contribution in [3.05, 3.63) is 37.6 Å². The minimum absolute atomic E-state index is 0.0952. The van der Waals surface area contributed by atoms with E-state index in [2.05, 4.69) is 54.8 Å². The predicted molar refractivity (Wildman–Crippen MR) is 113 cm³/mol. The molecule has 1 unspecified atom stereocenters. The molecule has 0 radical (unpaired) electrons. The highest BCUT2D eigenvalue weighted by Gasteiger charge is 2.62. The van der Waals surface area contributed by atoms with Gasteiger partial charge >= 0.3 is 5.69 Å². The Hall–Kier alpha value is -1.04. The highest BCUT2D eigenvalue weighted by Crippen LogP contribution is 2.52. The molecule has 2 rings (SSSR count). The van der Waals surface area contributed by atoms with E-state index in [-0.39, 0.29) is 17.0 Å². The summed E-state index contributed by atoms with van der Waals surface area (Å²) in [7, 11) is -1.23. The summed E-state index contributed by atoms with van der Waals surface area (Å²) in [4.78, 5) is 28.9. The van der Waals surface area contributed by atoms with Crippen molar-refractivity contribution in [3.63, 3.8) is 0 Å². The first kappa shape index (κ1) is 23.2. The van der Waals surface area contributed by atoms with E-state index in [0.29, 0.717) is 0 Å². The number of aliphatic hydroxyl groups excluding tert-OH is 2. The lowest BCUT2D eigenvalue weighted by atomic mass is 10.1. The van der Waals surface area contributed by atoms with Gasteiger partial charge in [0, 0.05) is 19.7 Å². The Morgan fingerprint density at radius 1 is 1.46 bits per heavy atom. The molecule has 2 heterocycles. The molecule has 0 aromatic carbocycles. The van der Waals surface area contributed by atoms with E-state index in [1.165, 1.54) is 28.9 Å². The van der Waals surface area contributed by atoms with Crippen LogP contribution < -0.4 is 11.2 Å². The molecule has 1 aliphatic rings. The maximum absolute atomic E-state index is 12.9. The summed E-state index contributed by atoms with van der Waals surface area (Å²) in [6, 6.07) is 0. The summed E-state index contributed by atoms with van der Waals surface area (Å²) in [6.45, 7) is 10.3. The summed E-state index contributed by atoms with van der Waals surface area (Å²) < 4.78 is 12.6. The summed E-state index contributed by atoms with van der Waals surface area (Å²) >= 11 is 3.15. The topological polar surface area (TPSA) is 114 Å². The van der Waals surface area contributed by atoms with Crippen LogP contribution in [-0.2, 0) is 14.8 Å². The number of halogens is 1. The minimum Gasteiger partial charge on any atom is -0.390 e. The van der Waals surface area contributed by atoms with Crippen molar-refractivity contribution in [2.75, 3.05) is 7.11 Å². The van der Waals surface area contributed by atoms with Crippen molar-refractivity contribution in [1.82, 2.24) is 9.55 Å². The average Bonchev–Trinajstić information content (AvgIpc) is 2.94. The molecule has 1 saturated heterocycles. The van der Waals surface area contributed by atoms with Crippen LogP contribution >= 0.6 is 15.9 Å². The van der Waals surface area contributed by atoms with Crippen molar-refractivity contribution < 1.29 is 19.7 Å². The number of aromatic nitrogens is 2. The van der Waals surface area contributed by atoms with Crippen LogP contribution in [0.1, 0.15) is 32.8 Å². The first-order valence-corrected chi connectivity index (χ1v) is 12.9. The normalized spacial score (nSPS) is 27.5. The molecule has 1 aliphatic heterocycles. The first-order chi connectivity index (χ1) is 12.8. The van der Waals surface area contributed by atoms with Crippen LogP contribution in [0.25, 0.3) is 6.08 Å². The molecule has 0 amide bonds. The van der Waals surface area contributed by atoms with E-state index in [9.17, 15) is 19.8 Å². The van der Waals surface area contributed by atoms with Crippen molar-refractivity contribution in [2.24, 2.45) is 0 Å². The van der Waals surface area contributed by atoms with Gasteiger partial charge in [0.1, 0.15) is 19.5 Å². The number of methoxy groups -OCH3 is 1. The molecule has 1 fully saturated rings. The van der Waals surface area contributed by atoms with E-state index < -0.39 is 43.2 Å². The van der Waals surface area contributed by atoms with Gasteiger partial charge in [0.25, 0.3) is 5.56 Å². The molecular weight excluding hydrogens is 448 g/mol. The molecule has 4 atom stereocenters. The van der Waals surface area contributed by atoms with Crippen LogP contribution in [0.3, 0.4) is 0 Å². The maximum Gasteiger partial charge on any atom is 0.330 e. The monoisotopic (exact) mass is 476 g/mol. The van der Waals surface area contributed by atoms with E-state index in [1.54, 1.807) is 0 Å². The zero-order valence-electron chi connectivity index (χ0n) is 17.0. The molecule has 1 aromatic heterocycles. The van der Waals surface area contributed by atoms with Gasteiger partial charge in [0.15, 0.2) is 6.29 Å². The van der Waals surface area contributed by atoms with E-state index in [1.807, 2.05) is 0 Å². The van der Waals surface area contributed by atoms with Gasteiger partial charge in [0.2, 0.25) is 0 Å². The zero-order chi connectivity index (χ0) is 21.5. The fourth-order valence-corrected chi connectivity index (χ4v) is 6.89. The lowest BCUT2D eigenvalue weighted by Crippen LogP contribution is -2.64. The number of H-pyrrole nitrogens is 1. The molecule has 3 N–H and O–H groups in total. The molecule has 1 aromatic rings. The second kappa shape index (κ2) is 8.00. The Morgan fingerprint density at radius 2 is 2.07 bits per heavy atom. The summed E-state index contributed by atoms with van der Waals surface area (Å²) in [5.41, 5.74) is -0.876. The third kappa shape index (κ3) is 3.73. The molecule has 0 bridgehead atoms. The zero-order valence-corrected chi connectivity index (χ0v) is 19.6. The Morgan fingerprint density at radius 3 is 2.57 bits per heavy atom. The Kier molecular flexibility index (Phi) is 6.64. The second-order valence-corrected chi connectivity index (χ2v) is 14.7. The lowest BCUT2D eigenvalue weighted by molar-refractivity contribution is -0.193. The van der Waals surface area contributed by atoms with E-state index in [0.717, 1.165) is 0 Å². The Labute approximate surface area is 173 Å². The van der Waals surface area contributed by atoms with Gasteiger partial charge in [-0.1, -0.05) is 49.8 Å². The molecule has 0 aliphatic carbocycles. The van der Waals surface area contributed by atoms with Crippen LogP contribution in [0.4, 0.5) is 0 Å². The van der Waals surface area contributed by atoms with Gasteiger partial charge in [-0.25, -0.2) is 4.79 Å². The molecule has 0 saturated carbocycles.